The first-order valence-corrected chi connectivity index (χ1v) is 3.54. The lowest BCUT2D eigenvalue weighted by Crippen LogP contribution is -1.84. The molecule has 0 aromatic carbocycles. The van der Waals surface area contributed by atoms with Crippen LogP contribution in [0, 0.1) is 0 Å². The first-order valence-electron chi connectivity index (χ1n) is 2.55. The van der Waals surface area contributed by atoms with Gasteiger partial charge in [-0.15, -0.1) is 0 Å². The molecule has 1 rings (SSSR count). The molecule has 0 aromatic heterocycles. The van der Waals surface area contributed by atoms with E-state index >= 15 is 0 Å². The highest BCUT2D eigenvalue weighted by Crippen LogP contribution is 2.24. The van der Waals surface area contributed by atoms with Crippen LogP contribution in [-0.2, 0) is 4.79 Å². The van der Waals surface area contributed by atoms with E-state index < -0.39 is 0 Å². The second-order valence-electron chi connectivity index (χ2n) is 1.98. The van der Waals surface area contributed by atoms with Crippen molar-refractivity contribution in [2.24, 2.45) is 0 Å². The third-order valence-corrected chi connectivity index (χ3v) is 2.51. The second kappa shape index (κ2) is 1.94. The van der Waals surface area contributed by atoms with Crippen LogP contribution in [0.5, 0.6) is 0 Å². The zero-order chi connectivity index (χ0) is 6.15. The van der Waals surface area contributed by atoms with Crippen molar-refractivity contribution >= 4 is 16.9 Å². The smallest absolute Gasteiger partial charge is 0.215 e. The van der Waals surface area contributed by atoms with Crippen molar-refractivity contribution in [3.05, 3.63) is 11.1 Å². The number of carbonyl (C=O) groups excluding carboxylic acids is 1. The molecule has 0 bridgehead atoms. The van der Waals surface area contributed by atoms with E-state index in [9.17, 15) is 4.79 Å². The van der Waals surface area contributed by atoms with E-state index in [1.807, 2.05) is 13.8 Å². The molecular weight excluding hydrogens is 120 g/mol. The Morgan fingerprint density at radius 1 is 1.50 bits per heavy atom. The van der Waals surface area contributed by atoms with Gasteiger partial charge in [0.1, 0.15) is 0 Å². The fraction of sp³-hybridized carbons (Fsp3) is 0.500. The Kier molecular flexibility index (Phi) is 1.43. The molecule has 2 heteroatoms. The number of thioether (sulfide) groups is 1. The van der Waals surface area contributed by atoms with Gasteiger partial charge in [0.25, 0.3) is 0 Å². The first kappa shape index (κ1) is 5.89. The third kappa shape index (κ3) is 0.802. The molecule has 0 spiro atoms. The van der Waals surface area contributed by atoms with Crippen LogP contribution in [0.4, 0.5) is 0 Å². The van der Waals surface area contributed by atoms with Crippen LogP contribution in [0.15, 0.2) is 11.1 Å². The van der Waals surface area contributed by atoms with E-state index in [1.165, 1.54) is 17.3 Å². The summed E-state index contributed by atoms with van der Waals surface area (Å²) in [7, 11) is 0. The average Bonchev–Trinajstić information content (AvgIpc) is 1.98. The Balaban J connectivity index is 2.86. The molecule has 44 valence electrons. The highest BCUT2D eigenvalue weighted by Gasteiger charge is 2.15. The van der Waals surface area contributed by atoms with Crippen LogP contribution < -0.4 is 0 Å². The fourth-order valence-electron chi connectivity index (χ4n) is 0.565. The molecule has 0 amide bonds. The molecule has 0 saturated heterocycles. The minimum atomic E-state index is 0.252. The van der Waals surface area contributed by atoms with Gasteiger partial charge >= 0.3 is 0 Å². The van der Waals surface area contributed by atoms with Crippen molar-refractivity contribution in [1.82, 2.24) is 0 Å². The van der Waals surface area contributed by atoms with Gasteiger partial charge in [-0.25, -0.2) is 0 Å². The summed E-state index contributed by atoms with van der Waals surface area (Å²) in [4.78, 5) is 10.7. The summed E-state index contributed by atoms with van der Waals surface area (Å²) in [6.07, 6.45) is 0. The van der Waals surface area contributed by atoms with Crippen molar-refractivity contribution < 1.29 is 4.79 Å². The summed E-state index contributed by atoms with van der Waals surface area (Å²) < 4.78 is 0. The van der Waals surface area contributed by atoms with E-state index in [1.54, 1.807) is 0 Å². The summed E-state index contributed by atoms with van der Waals surface area (Å²) in [6, 6.07) is 0. The number of hydrogen-bond acceptors (Lipinski definition) is 2. The molecule has 0 radical (unpaired) electrons. The summed E-state index contributed by atoms with van der Waals surface area (Å²) in [6.45, 7) is 3.89. The minimum absolute atomic E-state index is 0.252. The van der Waals surface area contributed by atoms with E-state index in [-0.39, 0.29) is 5.12 Å². The SMILES string of the molecule is CC1=C(C)C(=O)SC1. The van der Waals surface area contributed by atoms with Crippen LogP contribution in [0.2, 0.25) is 0 Å². The van der Waals surface area contributed by atoms with Crippen LogP contribution in [-0.4, -0.2) is 10.9 Å². The summed E-state index contributed by atoms with van der Waals surface area (Å²) in [5, 5.41) is 0.252. The van der Waals surface area contributed by atoms with Crippen LogP contribution in [0.3, 0.4) is 0 Å². The van der Waals surface area contributed by atoms with Gasteiger partial charge in [-0.2, -0.15) is 0 Å². The molecule has 0 N–H and O–H groups in total. The lowest BCUT2D eigenvalue weighted by Gasteiger charge is -1.84. The third-order valence-electron chi connectivity index (χ3n) is 1.37. The minimum Gasteiger partial charge on any atom is -0.282 e. The molecule has 8 heavy (non-hydrogen) atoms. The fourth-order valence-corrected chi connectivity index (χ4v) is 1.52. The van der Waals surface area contributed by atoms with Gasteiger partial charge in [0.2, 0.25) is 5.12 Å². The second-order valence-corrected chi connectivity index (χ2v) is 2.93. The highest BCUT2D eigenvalue weighted by atomic mass is 32.2. The van der Waals surface area contributed by atoms with Crippen LogP contribution in [0.25, 0.3) is 0 Å². The Bertz CT molecular complexity index is 158. The van der Waals surface area contributed by atoms with Gasteiger partial charge in [-0.3, -0.25) is 4.79 Å². The molecule has 0 aromatic rings. The van der Waals surface area contributed by atoms with Crippen molar-refractivity contribution in [3.63, 3.8) is 0 Å². The van der Waals surface area contributed by atoms with E-state index in [2.05, 4.69) is 0 Å². The molecule has 0 aliphatic carbocycles. The van der Waals surface area contributed by atoms with Gasteiger partial charge in [-0.05, 0) is 13.8 Å². The predicted octanol–water partition coefficient (Wildman–Crippen LogP) is 1.60. The van der Waals surface area contributed by atoms with Crippen LogP contribution >= 0.6 is 11.8 Å². The summed E-state index contributed by atoms with van der Waals surface area (Å²) in [5.41, 5.74) is 2.19. The molecule has 0 unspecified atom stereocenters. The van der Waals surface area contributed by atoms with Gasteiger partial charge in [0.05, 0.1) is 0 Å². The van der Waals surface area contributed by atoms with Gasteiger partial charge in [0.15, 0.2) is 0 Å². The Morgan fingerprint density at radius 3 is 2.25 bits per heavy atom. The zero-order valence-electron chi connectivity index (χ0n) is 5.02. The maximum absolute atomic E-state index is 10.7. The standard InChI is InChI=1S/C6H8OS/c1-4-3-8-6(7)5(4)2/h3H2,1-2H3. The summed E-state index contributed by atoms with van der Waals surface area (Å²) >= 11 is 1.40. The van der Waals surface area contributed by atoms with E-state index in [4.69, 9.17) is 0 Å². The normalized spacial score (nSPS) is 20.5. The Labute approximate surface area is 53.2 Å². The van der Waals surface area contributed by atoms with Crippen molar-refractivity contribution in [1.29, 1.82) is 0 Å². The monoisotopic (exact) mass is 128 g/mol. The summed E-state index contributed by atoms with van der Waals surface area (Å²) in [5.74, 6) is 0.907. The maximum atomic E-state index is 10.7. The number of carbonyl (C=O) groups is 1. The molecule has 0 saturated carbocycles. The lowest BCUT2D eigenvalue weighted by molar-refractivity contribution is -0.107. The molecule has 1 nitrogen and oxygen atoms in total. The zero-order valence-corrected chi connectivity index (χ0v) is 5.84. The van der Waals surface area contributed by atoms with E-state index in [0.29, 0.717) is 0 Å². The predicted molar refractivity (Wildman–Crippen MR) is 35.8 cm³/mol. The Morgan fingerprint density at radius 2 is 2.12 bits per heavy atom. The van der Waals surface area contributed by atoms with E-state index in [0.717, 1.165) is 11.3 Å². The quantitative estimate of drug-likeness (QED) is 0.493. The van der Waals surface area contributed by atoms with Crippen molar-refractivity contribution in [3.8, 4) is 0 Å². The lowest BCUT2D eigenvalue weighted by atomic mass is 10.2. The average molecular weight is 128 g/mol. The molecule has 0 atom stereocenters. The topological polar surface area (TPSA) is 17.1 Å². The molecular formula is C6H8OS. The van der Waals surface area contributed by atoms with Gasteiger partial charge < -0.3 is 0 Å². The molecule has 0 fully saturated rings. The van der Waals surface area contributed by atoms with Gasteiger partial charge in [0, 0.05) is 11.3 Å². The number of hydrogen-bond donors (Lipinski definition) is 0. The molecule has 1 aliphatic rings. The maximum Gasteiger partial charge on any atom is 0.215 e. The van der Waals surface area contributed by atoms with Crippen molar-refractivity contribution in [2.45, 2.75) is 13.8 Å². The van der Waals surface area contributed by atoms with Gasteiger partial charge in [-0.1, -0.05) is 17.3 Å². The molecule has 1 aliphatic heterocycles. The largest absolute Gasteiger partial charge is 0.282 e. The number of rotatable bonds is 0. The van der Waals surface area contributed by atoms with Crippen LogP contribution in [0.1, 0.15) is 13.8 Å². The first-order chi connectivity index (χ1) is 3.72. The Hall–Kier alpha value is -0.240. The highest BCUT2D eigenvalue weighted by molar-refractivity contribution is 8.14. The van der Waals surface area contributed by atoms with Crippen molar-refractivity contribution in [2.75, 3.05) is 5.75 Å². The molecule has 1 heterocycles.